The molecule has 158 valence electrons. The van der Waals surface area contributed by atoms with E-state index in [9.17, 15) is 0 Å². The molecule has 7 heteroatoms. The monoisotopic (exact) mass is 413 g/mol. The third-order valence-electron chi connectivity index (χ3n) is 4.98. The molecule has 0 fully saturated rings. The van der Waals surface area contributed by atoms with E-state index in [2.05, 4.69) is 90.8 Å². The summed E-state index contributed by atoms with van der Waals surface area (Å²) in [6, 6.07) is 16.6. The van der Waals surface area contributed by atoms with Crippen molar-refractivity contribution in [2.24, 2.45) is 0 Å². The molecule has 0 saturated heterocycles. The van der Waals surface area contributed by atoms with Crippen LogP contribution in [0.15, 0.2) is 54.6 Å². The molecule has 2 aromatic carbocycles. The fourth-order valence-corrected chi connectivity index (χ4v) is 3.30. The zero-order valence-corrected chi connectivity index (χ0v) is 18.4. The summed E-state index contributed by atoms with van der Waals surface area (Å²) in [6.07, 6.45) is 5.13. The Labute approximate surface area is 182 Å². The van der Waals surface area contributed by atoms with Gasteiger partial charge in [-0.1, -0.05) is 82.3 Å². The minimum absolute atomic E-state index is 0.0945. The summed E-state index contributed by atoms with van der Waals surface area (Å²) in [5, 5.41) is 19.3. The smallest absolute Gasteiger partial charge is 0.205 e. The van der Waals surface area contributed by atoms with Gasteiger partial charge in [0.25, 0.3) is 0 Å². The molecule has 0 saturated carbocycles. The Morgan fingerprint density at radius 1 is 1.00 bits per heavy atom. The highest BCUT2D eigenvalue weighted by Gasteiger charge is 2.21. The molecule has 2 heterocycles. The molecule has 0 spiro atoms. The molecule has 7 nitrogen and oxygen atoms in total. The normalized spacial score (nSPS) is 12.0. The Bertz CT molecular complexity index is 1160. The van der Waals surface area contributed by atoms with E-state index in [1.807, 2.05) is 22.9 Å². The maximum atomic E-state index is 4.79. The highest BCUT2D eigenvalue weighted by molar-refractivity contribution is 5.80. The number of hydrogen-bond donors (Lipinski definition) is 1. The highest BCUT2D eigenvalue weighted by Crippen LogP contribution is 2.30. The SMILES string of the molecule is CCC=Cc1nc(C(C)(C)C)nn1Cc1ccc(-c2ccccc2-c2nn[nH]n2)cc1. The molecule has 0 bridgehead atoms. The quantitative estimate of drug-likeness (QED) is 0.486. The predicted octanol–water partition coefficient (Wildman–Crippen LogP) is 4.89. The number of nitrogens with zero attached hydrogens (tertiary/aromatic N) is 6. The minimum atomic E-state index is -0.0945. The van der Waals surface area contributed by atoms with Gasteiger partial charge < -0.3 is 0 Å². The van der Waals surface area contributed by atoms with E-state index in [0.29, 0.717) is 12.4 Å². The number of hydrogen-bond acceptors (Lipinski definition) is 5. The minimum Gasteiger partial charge on any atom is -0.242 e. The van der Waals surface area contributed by atoms with Crippen LogP contribution >= 0.6 is 0 Å². The van der Waals surface area contributed by atoms with Crippen LogP contribution in [-0.2, 0) is 12.0 Å². The standard InChI is InChI=1S/C24H27N7/c1-5-6-11-21-25-23(24(2,3)4)28-31(21)16-17-12-14-18(15-13-17)19-9-7-8-10-20(19)22-26-29-30-27-22/h6-15H,5,16H2,1-4H3,(H,26,27,29,30). The van der Waals surface area contributed by atoms with Gasteiger partial charge in [-0.25, -0.2) is 9.67 Å². The molecule has 4 aromatic rings. The lowest BCUT2D eigenvalue weighted by Crippen LogP contribution is -2.14. The molecule has 0 amide bonds. The van der Waals surface area contributed by atoms with Gasteiger partial charge in [0.2, 0.25) is 5.82 Å². The summed E-state index contributed by atoms with van der Waals surface area (Å²) < 4.78 is 1.98. The van der Waals surface area contributed by atoms with E-state index in [1.165, 1.54) is 0 Å². The van der Waals surface area contributed by atoms with Crippen molar-refractivity contribution in [1.82, 2.24) is 35.4 Å². The first-order valence-electron chi connectivity index (χ1n) is 10.5. The number of allylic oxidation sites excluding steroid dienone is 1. The predicted molar refractivity (Wildman–Crippen MR) is 122 cm³/mol. The Morgan fingerprint density at radius 3 is 2.39 bits per heavy atom. The summed E-state index contributed by atoms with van der Waals surface area (Å²) in [4.78, 5) is 4.76. The third kappa shape index (κ3) is 4.60. The van der Waals surface area contributed by atoms with Gasteiger partial charge in [0, 0.05) is 11.0 Å². The molecule has 0 radical (unpaired) electrons. The Hall–Kier alpha value is -3.61. The first-order valence-corrected chi connectivity index (χ1v) is 10.5. The fourth-order valence-electron chi connectivity index (χ4n) is 3.30. The van der Waals surface area contributed by atoms with Crippen LogP contribution in [0.3, 0.4) is 0 Å². The van der Waals surface area contributed by atoms with E-state index < -0.39 is 0 Å². The average molecular weight is 414 g/mol. The fraction of sp³-hybridized carbons (Fsp3) is 0.292. The molecular weight excluding hydrogens is 386 g/mol. The second-order valence-electron chi connectivity index (χ2n) is 8.49. The Balaban J connectivity index is 1.62. The maximum Gasteiger partial charge on any atom is 0.205 e. The van der Waals surface area contributed by atoms with Gasteiger partial charge in [0.15, 0.2) is 11.6 Å². The number of aromatic amines is 1. The Morgan fingerprint density at radius 2 is 1.74 bits per heavy atom. The van der Waals surface area contributed by atoms with E-state index in [4.69, 9.17) is 10.1 Å². The number of H-pyrrole nitrogens is 1. The van der Waals surface area contributed by atoms with Crippen molar-refractivity contribution in [1.29, 1.82) is 0 Å². The lowest BCUT2D eigenvalue weighted by molar-refractivity contribution is 0.533. The summed E-state index contributed by atoms with van der Waals surface area (Å²) in [5.74, 6) is 2.33. The molecule has 31 heavy (non-hydrogen) atoms. The van der Waals surface area contributed by atoms with Crippen LogP contribution in [0.2, 0.25) is 0 Å². The zero-order valence-electron chi connectivity index (χ0n) is 18.4. The summed E-state index contributed by atoms with van der Waals surface area (Å²) in [7, 11) is 0. The summed E-state index contributed by atoms with van der Waals surface area (Å²) in [5.41, 5.74) is 4.18. The number of nitrogens with one attached hydrogen (secondary N) is 1. The molecule has 0 aliphatic heterocycles. The van der Waals surface area contributed by atoms with Crippen molar-refractivity contribution in [2.75, 3.05) is 0 Å². The molecule has 0 aliphatic rings. The second-order valence-corrected chi connectivity index (χ2v) is 8.49. The van der Waals surface area contributed by atoms with Gasteiger partial charge in [0.05, 0.1) is 6.54 Å². The van der Waals surface area contributed by atoms with Crippen molar-refractivity contribution in [2.45, 2.75) is 46.1 Å². The molecular formula is C24H27N7. The lowest BCUT2D eigenvalue weighted by Gasteiger charge is -2.12. The van der Waals surface area contributed by atoms with Gasteiger partial charge in [0.1, 0.15) is 0 Å². The van der Waals surface area contributed by atoms with Crippen LogP contribution in [0, 0.1) is 0 Å². The van der Waals surface area contributed by atoms with Crippen LogP contribution in [0.5, 0.6) is 0 Å². The van der Waals surface area contributed by atoms with Crippen molar-refractivity contribution in [3.63, 3.8) is 0 Å². The van der Waals surface area contributed by atoms with Crippen LogP contribution in [0.1, 0.15) is 51.3 Å². The molecule has 0 unspecified atom stereocenters. The molecule has 1 N–H and O–H groups in total. The topological polar surface area (TPSA) is 85.2 Å². The Kier molecular flexibility index (Phi) is 5.75. The first kappa shape index (κ1) is 20.7. The van der Waals surface area contributed by atoms with E-state index >= 15 is 0 Å². The van der Waals surface area contributed by atoms with E-state index in [0.717, 1.165) is 40.3 Å². The molecule has 0 atom stereocenters. The van der Waals surface area contributed by atoms with Crippen molar-refractivity contribution in [3.8, 4) is 22.5 Å². The van der Waals surface area contributed by atoms with Gasteiger partial charge in [-0.15, -0.1) is 10.2 Å². The highest BCUT2D eigenvalue weighted by atomic mass is 15.5. The maximum absolute atomic E-state index is 4.79. The van der Waals surface area contributed by atoms with Crippen LogP contribution in [-0.4, -0.2) is 35.4 Å². The van der Waals surface area contributed by atoms with E-state index in [1.54, 1.807) is 0 Å². The first-order chi connectivity index (χ1) is 15.0. The average Bonchev–Trinajstić information content (AvgIpc) is 3.43. The van der Waals surface area contributed by atoms with Crippen molar-refractivity contribution in [3.05, 3.63) is 71.8 Å². The molecule has 4 rings (SSSR count). The van der Waals surface area contributed by atoms with Gasteiger partial charge in [-0.05, 0) is 34.4 Å². The lowest BCUT2D eigenvalue weighted by atomic mass is 9.96. The molecule has 0 aliphatic carbocycles. The molecule has 2 aromatic heterocycles. The summed E-state index contributed by atoms with van der Waals surface area (Å²) in [6.45, 7) is 9.19. The number of tetrazole rings is 1. The second kappa shape index (κ2) is 8.63. The zero-order chi connectivity index (χ0) is 21.8. The largest absolute Gasteiger partial charge is 0.242 e. The number of aromatic nitrogens is 7. The third-order valence-corrected chi connectivity index (χ3v) is 4.98. The van der Waals surface area contributed by atoms with Gasteiger partial charge in [-0.3, -0.25) is 0 Å². The van der Waals surface area contributed by atoms with Gasteiger partial charge >= 0.3 is 0 Å². The number of rotatable bonds is 6. The van der Waals surface area contributed by atoms with Crippen LogP contribution in [0.25, 0.3) is 28.6 Å². The summed E-state index contributed by atoms with van der Waals surface area (Å²) >= 11 is 0. The number of benzene rings is 2. The van der Waals surface area contributed by atoms with Crippen molar-refractivity contribution >= 4 is 6.08 Å². The van der Waals surface area contributed by atoms with Crippen LogP contribution < -0.4 is 0 Å². The van der Waals surface area contributed by atoms with Crippen LogP contribution in [0.4, 0.5) is 0 Å². The van der Waals surface area contributed by atoms with E-state index in [-0.39, 0.29) is 5.41 Å². The van der Waals surface area contributed by atoms with Crippen molar-refractivity contribution < 1.29 is 0 Å². The van der Waals surface area contributed by atoms with Gasteiger partial charge in [-0.2, -0.15) is 10.3 Å².